The monoisotopic (exact) mass is 480 g/mol. The summed E-state index contributed by atoms with van der Waals surface area (Å²) in [7, 11) is -3.42. The number of piperazine rings is 1. The van der Waals surface area contributed by atoms with Crippen molar-refractivity contribution in [3.05, 3.63) is 53.2 Å². The largest absolute Gasteiger partial charge is 0.493 e. The second-order valence-electron chi connectivity index (χ2n) is 7.60. The number of carbonyl (C=O) groups excluding carboxylic acids is 1. The van der Waals surface area contributed by atoms with E-state index in [2.05, 4.69) is 15.2 Å². The fraction of sp³-hybridized carbons (Fsp3) is 0.455. The van der Waals surface area contributed by atoms with Gasteiger partial charge in [0.25, 0.3) is 0 Å². The molecule has 174 valence electrons. The van der Waals surface area contributed by atoms with Gasteiger partial charge >= 0.3 is 0 Å². The molecule has 3 rings (SSSR count). The summed E-state index contributed by atoms with van der Waals surface area (Å²) in [5.74, 6) is 1.30. The second-order valence-corrected chi connectivity index (χ2v) is 10.1. The molecule has 1 amide bonds. The maximum atomic E-state index is 12.6. The molecule has 1 aromatic heterocycles. The van der Waals surface area contributed by atoms with E-state index >= 15 is 0 Å². The Balaban J connectivity index is 1.32. The number of anilines is 1. The van der Waals surface area contributed by atoms with Crippen molar-refractivity contribution >= 4 is 33.3 Å². The molecule has 0 spiro atoms. The number of halogens is 1. The van der Waals surface area contributed by atoms with E-state index in [1.54, 1.807) is 18.3 Å². The van der Waals surface area contributed by atoms with Gasteiger partial charge in [0.05, 0.1) is 12.4 Å². The number of nitrogens with one attached hydrogen (secondary N) is 1. The van der Waals surface area contributed by atoms with Crippen molar-refractivity contribution in [1.82, 2.24) is 14.6 Å². The van der Waals surface area contributed by atoms with Crippen LogP contribution in [0.2, 0.25) is 5.02 Å². The van der Waals surface area contributed by atoms with E-state index in [1.807, 2.05) is 31.2 Å². The number of hydrogen-bond donors (Lipinski definition) is 1. The number of ether oxygens (including phenoxy) is 1. The van der Waals surface area contributed by atoms with Crippen LogP contribution in [0.4, 0.5) is 5.82 Å². The lowest BCUT2D eigenvalue weighted by molar-refractivity contribution is -0.121. The van der Waals surface area contributed by atoms with Gasteiger partial charge in [-0.15, -0.1) is 0 Å². The molecule has 1 saturated heterocycles. The van der Waals surface area contributed by atoms with E-state index in [0.29, 0.717) is 44.2 Å². The molecular formula is C22H29ClN4O4S. The lowest BCUT2D eigenvalue weighted by Gasteiger charge is -2.34. The van der Waals surface area contributed by atoms with Crippen LogP contribution >= 0.6 is 11.6 Å². The van der Waals surface area contributed by atoms with E-state index in [-0.39, 0.29) is 24.6 Å². The standard InChI is InChI=1S/C22H29ClN4O4S/c1-18-17-19(23)7-8-20(18)31-15-4-6-22(28)25-10-16-32(29,30)27-13-11-26(12-14-27)21-5-2-3-9-24-21/h2-3,5,7-9,17H,4,6,10-16H2,1H3,(H,25,28). The van der Waals surface area contributed by atoms with Gasteiger partial charge in [-0.1, -0.05) is 17.7 Å². The van der Waals surface area contributed by atoms with Gasteiger partial charge in [0.15, 0.2) is 0 Å². The van der Waals surface area contributed by atoms with Gasteiger partial charge in [-0.05, 0) is 49.2 Å². The normalized spacial score (nSPS) is 14.9. The van der Waals surface area contributed by atoms with Crippen LogP contribution in [0, 0.1) is 6.92 Å². The Morgan fingerprint density at radius 1 is 1.19 bits per heavy atom. The summed E-state index contributed by atoms with van der Waals surface area (Å²) in [6.45, 7) is 4.41. The Morgan fingerprint density at radius 2 is 1.97 bits per heavy atom. The summed E-state index contributed by atoms with van der Waals surface area (Å²) in [5.41, 5.74) is 0.938. The zero-order chi connectivity index (χ0) is 23.0. The van der Waals surface area contributed by atoms with Gasteiger partial charge in [-0.3, -0.25) is 4.79 Å². The molecule has 1 aromatic carbocycles. The first-order chi connectivity index (χ1) is 15.3. The summed E-state index contributed by atoms with van der Waals surface area (Å²) >= 11 is 5.92. The zero-order valence-electron chi connectivity index (χ0n) is 18.2. The van der Waals surface area contributed by atoms with E-state index in [9.17, 15) is 13.2 Å². The van der Waals surface area contributed by atoms with Crippen molar-refractivity contribution in [3.63, 3.8) is 0 Å². The maximum Gasteiger partial charge on any atom is 0.220 e. The highest BCUT2D eigenvalue weighted by molar-refractivity contribution is 7.89. The molecule has 10 heteroatoms. The third-order valence-electron chi connectivity index (χ3n) is 5.23. The molecule has 1 aliphatic rings. The molecule has 0 radical (unpaired) electrons. The Labute approximate surface area is 194 Å². The molecule has 0 atom stereocenters. The quantitative estimate of drug-likeness (QED) is 0.525. The van der Waals surface area contributed by atoms with Gasteiger partial charge in [-0.25, -0.2) is 13.4 Å². The number of pyridine rings is 1. The SMILES string of the molecule is Cc1cc(Cl)ccc1OCCCC(=O)NCCS(=O)(=O)N1CCN(c2ccccn2)CC1. The van der Waals surface area contributed by atoms with E-state index in [1.165, 1.54) is 4.31 Å². The van der Waals surface area contributed by atoms with Crippen LogP contribution < -0.4 is 15.0 Å². The molecule has 0 bridgehead atoms. The Morgan fingerprint density at radius 3 is 2.66 bits per heavy atom. The lowest BCUT2D eigenvalue weighted by atomic mass is 10.2. The van der Waals surface area contributed by atoms with Crippen molar-refractivity contribution in [2.24, 2.45) is 0 Å². The van der Waals surface area contributed by atoms with Crippen LogP contribution in [-0.2, 0) is 14.8 Å². The Bertz CT molecular complexity index is 996. The summed E-state index contributed by atoms with van der Waals surface area (Å²) in [4.78, 5) is 18.4. The van der Waals surface area contributed by atoms with Crippen LogP contribution in [-0.4, -0.2) is 68.7 Å². The maximum absolute atomic E-state index is 12.6. The van der Waals surface area contributed by atoms with E-state index < -0.39 is 10.0 Å². The first-order valence-electron chi connectivity index (χ1n) is 10.6. The molecule has 0 aliphatic carbocycles. The van der Waals surface area contributed by atoms with Crippen LogP contribution in [0.25, 0.3) is 0 Å². The van der Waals surface area contributed by atoms with Crippen molar-refractivity contribution in [2.45, 2.75) is 19.8 Å². The smallest absolute Gasteiger partial charge is 0.220 e. The van der Waals surface area contributed by atoms with Gasteiger partial charge in [-0.2, -0.15) is 4.31 Å². The minimum atomic E-state index is -3.42. The predicted molar refractivity (Wildman–Crippen MR) is 126 cm³/mol. The molecule has 32 heavy (non-hydrogen) atoms. The number of aromatic nitrogens is 1. The third kappa shape index (κ3) is 7.08. The topological polar surface area (TPSA) is 91.8 Å². The molecule has 1 aliphatic heterocycles. The lowest BCUT2D eigenvalue weighted by Crippen LogP contribution is -2.50. The molecule has 2 heterocycles. The first-order valence-corrected chi connectivity index (χ1v) is 12.6. The minimum absolute atomic E-state index is 0.0960. The molecule has 8 nitrogen and oxygen atoms in total. The molecule has 0 saturated carbocycles. The second kappa shape index (κ2) is 11.5. The molecular weight excluding hydrogens is 452 g/mol. The minimum Gasteiger partial charge on any atom is -0.493 e. The third-order valence-corrected chi connectivity index (χ3v) is 7.34. The van der Waals surface area contributed by atoms with Crippen LogP contribution in [0.15, 0.2) is 42.6 Å². The number of sulfonamides is 1. The van der Waals surface area contributed by atoms with E-state index in [4.69, 9.17) is 16.3 Å². The van der Waals surface area contributed by atoms with Crippen molar-refractivity contribution < 1.29 is 17.9 Å². The fourth-order valence-electron chi connectivity index (χ4n) is 3.46. The number of amides is 1. The number of aryl methyl sites for hydroxylation is 1. The molecule has 1 fully saturated rings. The highest BCUT2D eigenvalue weighted by Gasteiger charge is 2.27. The predicted octanol–water partition coefficient (Wildman–Crippen LogP) is 2.47. The molecule has 0 unspecified atom stereocenters. The summed E-state index contributed by atoms with van der Waals surface area (Å²) < 4.78 is 32.3. The van der Waals surface area contributed by atoms with Gasteiger partial charge in [0.2, 0.25) is 15.9 Å². The highest BCUT2D eigenvalue weighted by atomic mass is 35.5. The van der Waals surface area contributed by atoms with Gasteiger partial charge < -0.3 is 15.0 Å². The first kappa shape index (κ1) is 24.3. The summed E-state index contributed by atoms with van der Waals surface area (Å²) in [6, 6.07) is 11.1. The van der Waals surface area contributed by atoms with Crippen LogP contribution in [0.5, 0.6) is 5.75 Å². The average Bonchev–Trinajstić information content (AvgIpc) is 2.78. The van der Waals surface area contributed by atoms with Gasteiger partial charge in [0.1, 0.15) is 11.6 Å². The number of carbonyl (C=O) groups is 1. The van der Waals surface area contributed by atoms with Gasteiger partial charge in [0, 0.05) is 50.4 Å². The summed E-state index contributed by atoms with van der Waals surface area (Å²) in [5, 5.41) is 3.34. The summed E-state index contributed by atoms with van der Waals surface area (Å²) in [6.07, 6.45) is 2.54. The zero-order valence-corrected chi connectivity index (χ0v) is 19.7. The number of nitrogens with zero attached hydrogens (tertiary/aromatic N) is 3. The average molecular weight is 481 g/mol. The number of benzene rings is 1. The van der Waals surface area contributed by atoms with Crippen LogP contribution in [0.3, 0.4) is 0 Å². The number of rotatable bonds is 10. The van der Waals surface area contributed by atoms with Crippen molar-refractivity contribution in [1.29, 1.82) is 0 Å². The fourth-order valence-corrected chi connectivity index (χ4v) is 5.03. The molecule has 1 N–H and O–H groups in total. The van der Waals surface area contributed by atoms with Crippen LogP contribution in [0.1, 0.15) is 18.4 Å². The highest BCUT2D eigenvalue weighted by Crippen LogP contribution is 2.22. The Kier molecular flexibility index (Phi) is 8.72. The molecule has 2 aromatic rings. The van der Waals surface area contributed by atoms with Crippen molar-refractivity contribution in [3.8, 4) is 5.75 Å². The van der Waals surface area contributed by atoms with E-state index in [0.717, 1.165) is 17.1 Å². The Hall–Kier alpha value is -2.36. The number of hydrogen-bond acceptors (Lipinski definition) is 6. The van der Waals surface area contributed by atoms with Crippen molar-refractivity contribution in [2.75, 3.05) is 50.0 Å².